The van der Waals surface area contributed by atoms with Crippen molar-refractivity contribution in [3.8, 4) is 5.75 Å². The molecule has 0 unspecified atom stereocenters. The molecular formula is C14H15NO3. The molecule has 18 heavy (non-hydrogen) atoms. The molecule has 94 valence electrons. The van der Waals surface area contributed by atoms with Crippen LogP contribution in [0.4, 0.5) is 0 Å². The maximum absolute atomic E-state index is 11.8. The number of nitrogens with zero attached hydrogens (tertiary/aromatic N) is 1. The lowest BCUT2D eigenvalue weighted by Crippen LogP contribution is -2.37. The monoisotopic (exact) mass is 245 g/mol. The number of esters is 1. The first kappa shape index (κ1) is 12.5. The van der Waals surface area contributed by atoms with Gasteiger partial charge >= 0.3 is 5.97 Å². The summed E-state index contributed by atoms with van der Waals surface area (Å²) in [4.78, 5) is 16.1. The average molecular weight is 245 g/mol. The normalized spacial score (nSPS) is 11.5. The Balaban J connectivity index is 2.25. The number of hydrogen-bond acceptors (Lipinski definition) is 4. The van der Waals surface area contributed by atoms with E-state index in [2.05, 4.69) is 4.98 Å². The van der Waals surface area contributed by atoms with E-state index in [1.807, 2.05) is 24.3 Å². The minimum atomic E-state index is -0.967. The molecular weight excluding hydrogens is 230 g/mol. The Morgan fingerprint density at radius 3 is 2.72 bits per heavy atom. The summed E-state index contributed by atoms with van der Waals surface area (Å²) in [5.41, 5.74) is -0.102. The SMILES string of the molecule is COC(C)(C)C(=O)Oc1cnc2ccccc2c1. The summed E-state index contributed by atoms with van der Waals surface area (Å²) in [6, 6.07) is 9.43. The molecule has 2 aromatic rings. The number of rotatable bonds is 3. The molecule has 1 aromatic heterocycles. The van der Waals surface area contributed by atoms with E-state index in [-0.39, 0.29) is 0 Å². The van der Waals surface area contributed by atoms with Crippen LogP contribution < -0.4 is 4.74 Å². The van der Waals surface area contributed by atoms with Gasteiger partial charge < -0.3 is 9.47 Å². The first-order chi connectivity index (χ1) is 8.53. The standard InChI is InChI=1S/C14H15NO3/c1-14(2,17-3)13(16)18-11-8-10-6-4-5-7-12(10)15-9-11/h4-9H,1-3H3. The number of hydrogen-bond donors (Lipinski definition) is 0. The van der Waals surface area contributed by atoms with Crippen LogP contribution in [0.3, 0.4) is 0 Å². The molecule has 1 aromatic carbocycles. The van der Waals surface area contributed by atoms with Gasteiger partial charge in [0, 0.05) is 12.5 Å². The Hall–Kier alpha value is -1.94. The van der Waals surface area contributed by atoms with Gasteiger partial charge in [0.05, 0.1) is 11.7 Å². The highest BCUT2D eigenvalue weighted by molar-refractivity contribution is 5.83. The molecule has 0 aliphatic heterocycles. The van der Waals surface area contributed by atoms with Gasteiger partial charge in [-0.3, -0.25) is 4.98 Å². The third kappa shape index (κ3) is 2.49. The smallest absolute Gasteiger partial charge is 0.343 e. The lowest BCUT2D eigenvalue weighted by atomic mass is 10.1. The van der Waals surface area contributed by atoms with Crippen molar-refractivity contribution in [3.63, 3.8) is 0 Å². The van der Waals surface area contributed by atoms with Gasteiger partial charge in [0.1, 0.15) is 5.75 Å². The van der Waals surface area contributed by atoms with E-state index in [1.54, 1.807) is 19.9 Å². The van der Waals surface area contributed by atoms with Gasteiger partial charge in [-0.2, -0.15) is 0 Å². The quantitative estimate of drug-likeness (QED) is 0.780. The van der Waals surface area contributed by atoms with Crippen LogP contribution in [0.1, 0.15) is 13.8 Å². The fourth-order valence-electron chi connectivity index (χ4n) is 1.42. The summed E-state index contributed by atoms with van der Waals surface area (Å²) in [5, 5.41) is 0.929. The molecule has 0 saturated heterocycles. The summed E-state index contributed by atoms with van der Waals surface area (Å²) in [5.74, 6) is -0.0223. The number of carbonyl (C=O) groups is 1. The van der Waals surface area contributed by atoms with Gasteiger partial charge in [-0.1, -0.05) is 18.2 Å². The van der Waals surface area contributed by atoms with Crippen LogP contribution in [-0.4, -0.2) is 23.7 Å². The molecule has 0 amide bonds. The van der Waals surface area contributed by atoms with Gasteiger partial charge in [0.25, 0.3) is 0 Å². The summed E-state index contributed by atoms with van der Waals surface area (Å²) in [6.07, 6.45) is 1.53. The zero-order valence-electron chi connectivity index (χ0n) is 10.6. The van der Waals surface area contributed by atoms with E-state index in [1.165, 1.54) is 13.3 Å². The van der Waals surface area contributed by atoms with Gasteiger partial charge in [-0.25, -0.2) is 4.79 Å². The number of para-hydroxylation sites is 1. The number of fused-ring (bicyclic) bond motifs is 1. The molecule has 0 aliphatic rings. The Labute approximate surface area is 106 Å². The average Bonchev–Trinajstić information content (AvgIpc) is 2.38. The molecule has 0 N–H and O–H groups in total. The van der Waals surface area contributed by atoms with Crippen molar-refractivity contribution >= 4 is 16.9 Å². The minimum absolute atomic E-state index is 0.420. The second-order valence-electron chi connectivity index (χ2n) is 4.47. The zero-order valence-corrected chi connectivity index (χ0v) is 10.6. The molecule has 2 rings (SSSR count). The van der Waals surface area contributed by atoms with Crippen LogP contribution in [0.2, 0.25) is 0 Å². The van der Waals surface area contributed by atoms with Crippen molar-refractivity contribution < 1.29 is 14.3 Å². The Morgan fingerprint density at radius 1 is 1.28 bits per heavy atom. The molecule has 0 aliphatic carbocycles. The lowest BCUT2D eigenvalue weighted by Gasteiger charge is -2.20. The van der Waals surface area contributed by atoms with Crippen molar-refractivity contribution in [1.29, 1.82) is 0 Å². The predicted octanol–water partition coefficient (Wildman–Crippen LogP) is 2.57. The van der Waals surface area contributed by atoms with Crippen molar-refractivity contribution in [2.75, 3.05) is 7.11 Å². The molecule has 0 spiro atoms. The fraction of sp³-hybridized carbons (Fsp3) is 0.286. The number of carbonyl (C=O) groups excluding carboxylic acids is 1. The van der Waals surface area contributed by atoms with Crippen molar-refractivity contribution in [3.05, 3.63) is 36.5 Å². The minimum Gasteiger partial charge on any atom is -0.423 e. The van der Waals surface area contributed by atoms with E-state index < -0.39 is 11.6 Å². The molecule has 4 heteroatoms. The van der Waals surface area contributed by atoms with E-state index in [0.29, 0.717) is 5.75 Å². The van der Waals surface area contributed by atoms with E-state index >= 15 is 0 Å². The first-order valence-corrected chi connectivity index (χ1v) is 5.65. The van der Waals surface area contributed by atoms with Crippen LogP contribution >= 0.6 is 0 Å². The molecule has 1 heterocycles. The number of methoxy groups -OCH3 is 1. The molecule has 4 nitrogen and oxygen atoms in total. The molecule has 0 saturated carbocycles. The van der Waals surface area contributed by atoms with Crippen molar-refractivity contribution in [1.82, 2.24) is 4.98 Å². The predicted molar refractivity (Wildman–Crippen MR) is 68.5 cm³/mol. The highest BCUT2D eigenvalue weighted by Gasteiger charge is 2.29. The molecule has 0 radical (unpaired) electrons. The summed E-state index contributed by atoms with van der Waals surface area (Å²) in [6.45, 7) is 3.31. The highest BCUT2D eigenvalue weighted by atomic mass is 16.6. The van der Waals surface area contributed by atoms with Crippen LogP contribution in [-0.2, 0) is 9.53 Å². The van der Waals surface area contributed by atoms with Gasteiger partial charge in [0.15, 0.2) is 5.60 Å². The summed E-state index contributed by atoms with van der Waals surface area (Å²) in [7, 11) is 1.47. The second kappa shape index (κ2) is 4.74. The third-order valence-corrected chi connectivity index (χ3v) is 2.78. The highest BCUT2D eigenvalue weighted by Crippen LogP contribution is 2.20. The molecule has 0 bridgehead atoms. The van der Waals surface area contributed by atoms with Gasteiger partial charge in [-0.15, -0.1) is 0 Å². The maximum Gasteiger partial charge on any atom is 0.343 e. The van der Waals surface area contributed by atoms with Crippen LogP contribution in [0, 0.1) is 0 Å². The molecule has 0 atom stereocenters. The second-order valence-corrected chi connectivity index (χ2v) is 4.47. The number of ether oxygens (including phenoxy) is 2. The first-order valence-electron chi connectivity index (χ1n) is 5.65. The van der Waals surface area contributed by atoms with Crippen molar-refractivity contribution in [2.45, 2.75) is 19.4 Å². The van der Waals surface area contributed by atoms with E-state index in [4.69, 9.17) is 9.47 Å². The number of benzene rings is 1. The topological polar surface area (TPSA) is 48.4 Å². The molecule has 0 fully saturated rings. The Bertz CT molecular complexity index is 578. The zero-order chi connectivity index (χ0) is 13.2. The fourth-order valence-corrected chi connectivity index (χ4v) is 1.42. The number of pyridine rings is 1. The Kier molecular flexibility index (Phi) is 3.30. The van der Waals surface area contributed by atoms with Crippen LogP contribution in [0.5, 0.6) is 5.75 Å². The summed E-state index contributed by atoms with van der Waals surface area (Å²) < 4.78 is 10.3. The summed E-state index contributed by atoms with van der Waals surface area (Å²) >= 11 is 0. The largest absolute Gasteiger partial charge is 0.423 e. The van der Waals surface area contributed by atoms with Crippen LogP contribution in [0.25, 0.3) is 10.9 Å². The lowest BCUT2D eigenvalue weighted by molar-refractivity contribution is -0.154. The van der Waals surface area contributed by atoms with Gasteiger partial charge in [0.2, 0.25) is 0 Å². The van der Waals surface area contributed by atoms with Crippen LogP contribution in [0.15, 0.2) is 36.5 Å². The van der Waals surface area contributed by atoms with Gasteiger partial charge in [-0.05, 0) is 26.0 Å². The third-order valence-electron chi connectivity index (χ3n) is 2.78. The van der Waals surface area contributed by atoms with E-state index in [9.17, 15) is 4.79 Å². The van der Waals surface area contributed by atoms with Crippen molar-refractivity contribution in [2.24, 2.45) is 0 Å². The maximum atomic E-state index is 11.8. The van der Waals surface area contributed by atoms with E-state index in [0.717, 1.165) is 10.9 Å². The number of aromatic nitrogens is 1. The Morgan fingerprint density at radius 2 is 2.00 bits per heavy atom.